The van der Waals surface area contributed by atoms with Gasteiger partial charge >= 0.3 is 0 Å². The number of ether oxygens (including phenoxy) is 1. The minimum absolute atomic E-state index is 0. The van der Waals surface area contributed by atoms with E-state index in [1.54, 1.807) is 6.07 Å². The molecule has 1 amide bonds. The second-order valence-electron chi connectivity index (χ2n) is 6.38. The molecule has 3 aliphatic rings. The lowest BCUT2D eigenvalue weighted by molar-refractivity contribution is -0.128. The summed E-state index contributed by atoms with van der Waals surface area (Å²) >= 11 is 5.98. The Balaban J connectivity index is 0.00000144. The zero-order valence-electron chi connectivity index (χ0n) is 12.2. The highest BCUT2D eigenvalue weighted by Crippen LogP contribution is 2.32. The molecule has 3 unspecified atom stereocenters. The summed E-state index contributed by atoms with van der Waals surface area (Å²) in [4.78, 5) is 12.4. The van der Waals surface area contributed by atoms with E-state index in [-0.39, 0.29) is 24.4 Å². The molecule has 22 heavy (non-hydrogen) atoms. The van der Waals surface area contributed by atoms with Gasteiger partial charge < -0.3 is 15.4 Å². The molecule has 6 heteroatoms. The molecule has 2 fully saturated rings. The number of benzene rings is 1. The molecule has 3 atom stereocenters. The number of carbonyl (C=O) groups is 1. The molecule has 4 rings (SSSR count). The van der Waals surface area contributed by atoms with Gasteiger partial charge in [-0.2, -0.15) is 0 Å². The first-order valence-corrected chi connectivity index (χ1v) is 8.06. The zero-order chi connectivity index (χ0) is 14.4. The average Bonchev–Trinajstić information content (AvgIpc) is 3.02. The van der Waals surface area contributed by atoms with Gasteiger partial charge in [0, 0.05) is 29.6 Å². The molecule has 1 aromatic rings. The minimum atomic E-state index is -0.411. The van der Waals surface area contributed by atoms with Crippen molar-refractivity contribution in [2.75, 3.05) is 0 Å². The third kappa shape index (κ3) is 3.05. The fourth-order valence-electron chi connectivity index (χ4n) is 3.83. The predicted molar refractivity (Wildman–Crippen MR) is 87.9 cm³/mol. The maximum atomic E-state index is 12.4. The van der Waals surface area contributed by atoms with Gasteiger partial charge in [-0.05, 0) is 49.4 Å². The molecule has 2 bridgehead atoms. The normalized spacial score (nSPS) is 31.9. The summed E-state index contributed by atoms with van der Waals surface area (Å²) in [5, 5.41) is 7.45. The molecule has 1 aromatic carbocycles. The highest BCUT2D eigenvalue weighted by molar-refractivity contribution is 6.30. The largest absolute Gasteiger partial charge is 0.480 e. The van der Waals surface area contributed by atoms with E-state index >= 15 is 0 Å². The van der Waals surface area contributed by atoms with E-state index in [9.17, 15) is 4.79 Å². The summed E-state index contributed by atoms with van der Waals surface area (Å²) in [7, 11) is 0. The Morgan fingerprint density at radius 3 is 2.73 bits per heavy atom. The Morgan fingerprint density at radius 1 is 1.27 bits per heavy atom. The highest BCUT2D eigenvalue weighted by atomic mass is 35.5. The maximum Gasteiger partial charge on any atom is 0.261 e. The smallest absolute Gasteiger partial charge is 0.261 e. The molecule has 0 radical (unpaired) electrons. The topological polar surface area (TPSA) is 50.4 Å². The lowest BCUT2D eigenvalue weighted by atomic mass is 9.99. The van der Waals surface area contributed by atoms with E-state index in [4.69, 9.17) is 16.3 Å². The van der Waals surface area contributed by atoms with E-state index in [2.05, 4.69) is 10.6 Å². The van der Waals surface area contributed by atoms with Gasteiger partial charge in [0.25, 0.3) is 5.91 Å². The van der Waals surface area contributed by atoms with Gasteiger partial charge in [0.1, 0.15) is 5.75 Å². The van der Waals surface area contributed by atoms with Crippen molar-refractivity contribution in [3.63, 3.8) is 0 Å². The van der Waals surface area contributed by atoms with Gasteiger partial charge in [-0.15, -0.1) is 12.4 Å². The van der Waals surface area contributed by atoms with Crippen molar-refractivity contribution in [2.24, 2.45) is 0 Å². The third-order valence-electron chi connectivity index (χ3n) is 4.81. The van der Waals surface area contributed by atoms with Crippen LogP contribution in [0.3, 0.4) is 0 Å². The van der Waals surface area contributed by atoms with E-state index in [0.717, 1.165) is 24.2 Å². The van der Waals surface area contributed by atoms with Crippen LogP contribution in [0.2, 0.25) is 5.02 Å². The van der Waals surface area contributed by atoms with Crippen molar-refractivity contribution < 1.29 is 9.53 Å². The Kier molecular flexibility index (Phi) is 4.53. The number of piperidine rings is 1. The number of hydrogen-bond donors (Lipinski definition) is 2. The lowest BCUT2D eigenvalue weighted by Gasteiger charge is -2.30. The van der Waals surface area contributed by atoms with Crippen LogP contribution in [0.5, 0.6) is 5.75 Å². The summed E-state index contributed by atoms with van der Waals surface area (Å²) in [6.45, 7) is 0. The fourth-order valence-corrected chi connectivity index (χ4v) is 4.03. The van der Waals surface area contributed by atoms with Crippen LogP contribution in [0, 0.1) is 0 Å². The van der Waals surface area contributed by atoms with Gasteiger partial charge in [-0.25, -0.2) is 0 Å². The lowest BCUT2D eigenvalue weighted by Crippen LogP contribution is -2.50. The summed E-state index contributed by atoms with van der Waals surface area (Å²) in [5.41, 5.74) is 1.02. The first-order valence-electron chi connectivity index (χ1n) is 7.69. The van der Waals surface area contributed by atoms with Gasteiger partial charge in [-0.1, -0.05) is 11.6 Å². The van der Waals surface area contributed by atoms with Crippen molar-refractivity contribution in [3.8, 4) is 5.75 Å². The molecule has 3 heterocycles. The number of rotatable bonds is 2. The molecule has 2 saturated heterocycles. The standard InChI is InChI=1S/C16H19ClN2O2.ClH/c17-10-1-4-14-9(5-10)6-15(21-14)16(20)19-13-7-11-2-3-12(8-13)18-11;/h1,4-5,11-13,15,18H,2-3,6-8H2,(H,19,20);1H. The maximum absolute atomic E-state index is 12.4. The van der Waals surface area contributed by atoms with E-state index in [1.165, 1.54) is 12.8 Å². The van der Waals surface area contributed by atoms with Crippen LogP contribution >= 0.6 is 24.0 Å². The molecular formula is C16H20Cl2N2O2. The van der Waals surface area contributed by atoms with Crippen molar-refractivity contribution >= 4 is 29.9 Å². The predicted octanol–water partition coefficient (Wildman–Crippen LogP) is 2.46. The summed E-state index contributed by atoms with van der Waals surface area (Å²) in [5.74, 6) is 0.790. The van der Waals surface area contributed by atoms with Crippen molar-refractivity contribution in [1.29, 1.82) is 0 Å². The molecule has 0 saturated carbocycles. The van der Waals surface area contributed by atoms with Gasteiger partial charge in [-0.3, -0.25) is 4.79 Å². The second kappa shape index (κ2) is 6.26. The average molecular weight is 343 g/mol. The molecule has 4 nitrogen and oxygen atoms in total. The van der Waals surface area contributed by atoms with Gasteiger partial charge in [0.15, 0.2) is 6.10 Å². The Hall–Kier alpha value is -0.970. The Labute approximate surface area is 141 Å². The molecule has 3 aliphatic heterocycles. The second-order valence-corrected chi connectivity index (χ2v) is 6.81. The van der Waals surface area contributed by atoms with Crippen molar-refractivity contribution in [2.45, 2.75) is 56.3 Å². The Morgan fingerprint density at radius 2 is 2.00 bits per heavy atom. The quantitative estimate of drug-likeness (QED) is 0.867. The van der Waals surface area contributed by atoms with Crippen LogP contribution in [-0.2, 0) is 11.2 Å². The molecule has 0 aromatic heterocycles. The first-order chi connectivity index (χ1) is 10.2. The number of halogens is 2. The highest BCUT2D eigenvalue weighted by Gasteiger charge is 2.36. The van der Waals surface area contributed by atoms with Crippen LogP contribution < -0.4 is 15.4 Å². The monoisotopic (exact) mass is 342 g/mol. The van der Waals surface area contributed by atoms with Crippen LogP contribution in [0.1, 0.15) is 31.2 Å². The number of amides is 1. The van der Waals surface area contributed by atoms with Crippen LogP contribution in [0.4, 0.5) is 0 Å². The van der Waals surface area contributed by atoms with Crippen molar-refractivity contribution in [3.05, 3.63) is 28.8 Å². The molecule has 2 N–H and O–H groups in total. The summed E-state index contributed by atoms with van der Waals surface area (Å²) < 4.78 is 5.75. The number of fused-ring (bicyclic) bond motifs is 3. The minimum Gasteiger partial charge on any atom is -0.480 e. The third-order valence-corrected chi connectivity index (χ3v) is 5.04. The zero-order valence-corrected chi connectivity index (χ0v) is 13.8. The summed E-state index contributed by atoms with van der Waals surface area (Å²) in [6.07, 6.45) is 4.74. The van der Waals surface area contributed by atoms with Crippen molar-refractivity contribution in [1.82, 2.24) is 10.6 Å². The summed E-state index contributed by atoms with van der Waals surface area (Å²) in [6, 6.07) is 6.96. The van der Waals surface area contributed by atoms with E-state index in [0.29, 0.717) is 23.5 Å². The van der Waals surface area contributed by atoms with Gasteiger partial charge in [0.2, 0.25) is 0 Å². The van der Waals surface area contributed by atoms with Crippen LogP contribution in [0.25, 0.3) is 0 Å². The van der Waals surface area contributed by atoms with E-state index < -0.39 is 6.10 Å². The SMILES string of the molecule is Cl.O=C(NC1CC2CCC(C1)N2)C1Cc2cc(Cl)ccc2O1. The van der Waals surface area contributed by atoms with Crippen LogP contribution in [0.15, 0.2) is 18.2 Å². The first kappa shape index (κ1) is 15.9. The Bertz CT molecular complexity index is 569. The number of carbonyl (C=O) groups excluding carboxylic acids is 1. The molecule has 120 valence electrons. The number of hydrogen-bond acceptors (Lipinski definition) is 3. The molecular weight excluding hydrogens is 323 g/mol. The van der Waals surface area contributed by atoms with Crippen LogP contribution in [-0.4, -0.2) is 30.1 Å². The van der Waals surface area contributed by atoms with E-state index in [1.807, 2.05) is 12.1 Å². The number of nitrogens with one attached hydrogen (secondary N) is 2. The van der Waals surface area contributed by atoms with Gasteiger partial charge in [0.05, 0.1) is 0 Å². The molecule has 0 aliphatic carbocycles. The fraction of sp³-hybridized carbons (Fsp3) is 0.562. The molecule has 0 spiro atoms.